The molecule has 1 N–H and O–H groups in total. The van der Waals surface area contributed by atoms with Crippen LogP contribution in [0, 0.1) is 10.1 Å². The Hall–Kier alpha value is -0.850. The minimum absolute atomic E-state index is 0.108. The van der Waals surface area contributed by atoms with E-state index in [1.165, 1.54) is 16.8 Å². The van der Waals surface area contributed by atoms with Crippen molar-refractivity contribution < 1.29 is 14.0 Å². The van der Waals surface area contributed by atoms with Gasteiger partial charge in [-0.05, 0) is 6.07 Å². The van der Waals surface area contributed by atoms with Crippen LogP contribution in [0.3, 0.4) is 0 Å². The standard InChI is InChI=1S/C11H14Cl2N3O4P/c12-3-5-15(6-4-13)21(19)14-8-9-1-2-10(16(17)18)7-11(9)20-21/h1-2,7H,3-6,8H2,(H,14,19). The molecule has 1 unspecified atom stereocenters. The Morgan fingerprint density at radius 1 is 1.38 bits per heavy atom. The van der Waals surface area contributed by atoms with Crippen LogP contribution < -0.4 is 9.61 Å². The summed E-state index contributed by atoms with van der Waals surface area (Å²) in [5.41, 5.74) is 0.604. The fourth-order valence-electron chi connectivity index (χ4n) is 1.97. The second-order valence-corrected chi connectivity index (χ2v) is 7.19. The number of rotatable bonds is 6. The molecule has 1 aromatic carbocycles. The minimum Gasteiger partial charge on any atom is -0.421 e. The van der Waals surface area contributed by atoms with Crippen molar-refractivity contribution in [3.05, 3.63) is 33.9 Å². The van der Waals surface area contributed by atoms with Crippen LogP contribution in [0.2, 0.25) is 0 Å². The van der Waals surface area contributed by atoms with Gasteiger partial charge in [0.05, 0.1) is 11.0 Å². The van der Waals surface area contributed by atoms with Crippen LogP contribution in [0.4, 0.5) is 5.69 Å². The van der Waals surface area contributed by atoms with E-state index in [0.717, 1.165) is 0 Å². The Morgan fingerprint density at radius 2 is 2.05 bits per heavy atom. The van der Waals surface area contributed by atoms with Crippen LogP contribution in [-0.2, 0) is 11.1 Å². The van der Waals surface area contributed by atoms with E-state index in [-0.39, 0.29) is 23.2 Å². The van der Waals surface area contributed by atoms with Crippen molar-refractivity contribution in [3.8, 4) is 5.75 Å². The number of hydrogen-bond donors (Lipinski definition) is 1. The van der Waals surface area contributed by atoms with Crippen molar-refractivity contribution in [1.82, 2.24) is 9.76 Å². The summed E-state index contributed by atoms with van der Waals surface area (Å²) in [5, 5.41) is 13.6. The zero-order valence-corrected chi connectivity index (χ0v) is 13.4. The van der Waals surface area contributed by atoms with Crippen LogP contribution in [0.5, 0.6) is 5.75 Å². The van der Waals surface area contributed by atoms with E-state index in [0.29, 0.717) is 25.2 Å². The number of nitro benzene ring substituents is 1. The molecule has 21 heavy (non-hydrogen) atoms. The summed E-state index contributed by atoms with van der Waals surface area (Å²) < 4.78 is 19.9. The summed E-state index contributed by atoms with van der Waals surface area (Å²) >= 11 is 11.4. The highest BCUT2D eigenvalue weighted by Crippen LogP contribution is 2.51. The van der Waals surface area contributed by atoms with E-state index < -0.39 is 12.6 Å². The number of non-ortho nitro benzene ring substituents is 1. The summed E-state index contributed by atoms with van der Waals surface area (Å²) in [5.74, 6) is 0.793. The Morgan fingerprint density at radius 3 is 2.62 bits per heavy atom. The fraction of sp³-hybridized carbons (Fsp3) is 0.455. The van der Waals surface area contributed by atoms with Gasteiger partial charge in [-0.15, -0.1) is 23.2 Å². The van der Waals surface area contributed by atoms with Crippen LogP contribution in [0.15, 0.2) is 18.2 Å². The molecular formula is C11H14Cl2N3O4P. The van der Waals surface area contributed by atoms with Gasteiger partial charge in [0.1, 0.15) is 5.75 Å². The van der Waals surface area contributed by atoms with E-state index in [4.69, 9.17) is 27.7 Å². The number of benzene rings is 1. The zero-order chi connectivity index (χ0) is 15.5. The normalized spacial score (nSPS) is 20.9. The van der Waals surface area contributed by atoms with Gasteiger partial charge in [0.15, 0.2) is 0 Å². The second-order valence-electron chi connectivity index (χ2n) is 4.33. The first kappa shape index (κ1) is 16.5. The molecule has 7 nitrogen and oxygen atoms in total. The summed E-state index contributed by atoms with van der Waals surface area (Å²) in [4.78, 5) is 10.3. The largest absolute Gasteiger partial charge is 0.421 e. The molecule has 0 fully saturated rings. The van der Waals surface area contributed by atoms with Crippen molar-refractivity contribution in [3.63, 3.8) is 0 Å². The summed E-state index contributed by atoms with van der Waals surface area (Å²) in [6, 6.07) is 4.25. The van der Waals surface area contributed by atoms with Crippen molar-refractivity contribution in [2.75, 3.05) is 24.8 Å². The SMILES string of the molecule is O=[N+]([O-])c1ccc2c(c1)OP(=O)(N(CCCl)CCCl)NC2. The van der Waals surface area contributed by atoms with E-state index in [1.54, 1.807) is 6.07 Å². The molecule has 10 heteroatoms. The molecule has 0 amide bonds. The van der Waals surface area contributed by atoms with Crippen molar-refractivity contribution >= 4 is 36.6 Å². The molecule has 1 aliphatic heterocycles. The van der Waals surface area contributed by atoms with Gasteiger partial charge < -0.3 is 4.52 Å². The molecule has 0 saturated heterocycles. The lowest BCUT2D eigenvalue weighted by Crippen LogP contribution is -2.35. The maximum absolute atomic E-state index is 12.9. The van der Waals surface area contributed by atoms with Crippen molar-refractivity contribution in [1.29, 1.82) is 0 Å². The Labute approximate surface area is 131 Å². The molecule has 0 aliphatic carbocycles. The van der Waals surface area contributed by atoms with Crippen molar-refractivity contribution in [2.24, 2.45) is 0 Å². The first-order valence-electron chi connectivity index (χ1n) is 6.19. The lowest BCUT2D eigenvalue weighted by Gasteiger charge is -2.34. The third-order valence-electron chi connectivity index (χ3n) is 3.01. The number of nitro groups is 1. The molecule has 116 valence electrons. The molecule has 1 heterocycles. The molecule has 1 atom stereocenters. The molecule has 0 aromatic heterocycles. The third-order valence-corrected chi connectivity index (χ3v) is 5.50. The lowest BCUT2D eigenvalue weighted by molar-refractivity contribution is -0.384. The highest BCUT2D eigenvalue weighted by Gasteiger charge is 2.37. The number of nitrogens with one attached hydrogen (secondary N) is 1. The number of halogens is 2. The molecule has 0 saturated carbocycles. The van der Waals surface area contributed by atoms with Gasteiger partial charge in [-0.2, -0.15) is 0 Å². The highest BCUT2D eigenvalue weighted by molar-refractivity contribution is 7.54. The molecule has 1 aromatic rings. The fourth-order valence-corrected chi connectivity index (χ4v) is 4.52. The summed E-state index contributed by atoms with van der Waals surface area (Å²) in [6.07, 6.45) is 0. The average Bonchev–Trinajstić information content (AvgIpc) is 2.46. The predicted molar refractivity (Wildman–Crippen MR) is 81.2 cm³/mol. The minimum atomic E-state index is -3.35. The smallest absolute Gasteiger partial charge is 0.393 e. The maximum atomic E-state index is 12.9. The van der Waals surface area contributed by atoms with E-state index in [1.807, 2.05) is 0 Å². The number of hydrogen-bond acceptors (Lipinski definition) is 4. The second kappa shape index (κ2) is 6.94. The molecule has 1 aliphatic rings. The van der Waals surface area contributed by atoms with Crippen molar-refractivity contribution in [2.45, 2.75) is 6.54 Å². The zero-order valence-electron chi connectivity index (χ0n) is 11.0. The maximum Gasteiger partial charge on any atom is 0.393 e. The first-order valence-corrected chi connectivity index (χ1v) is 8.84. The van der Waals surface area contributed by atoms with E-state index in [2.05, 4.69) is 5.09 Å². The number of nitrogens with zero attached hydrogens (tertiary/aromatic N) is 2. The Bertz CT molecular complexity index is 581. The van der Waals surface area contributed by atoms with E-state index >= 15 is 0 Å². The van der Waals surface area contributed by atoms with Gasteiger partial charge in [0, 0.05) is 43.0 Å². The van der Waals surface area contributed by atoms with Gasteiger partial charge in [-0.25, -0.2) is 14.3 Å². The van der Waals surface area contributed by atoms with Crippen LogP contribution in [0.1, 0.15) is 5.56 Å². The number of fused-ring (bicyclic) bond motifs is 1. The van der Waals surface area contributed by atoms with Gasteiger partial charge >= 0.3 is 7.67 Å². The average molecular weight is 354 g/mol. The summed E-state index contributed by atoms with van der Waals surface area (Å²) in [7, 11) is -3.35. The topological polar surface area (TPSA) is 84.7 Å². The molecule has 0 spiro atoms. The van der Waals surface area contributed by atoms with Gasteiger partial charge in [0.2, 0.25) is 0 Å². The molecule has 0 radical (unpaired) electrons. The highest BCUT2D eigenvalue weighted by atomic mass is 35.5. The molecular weight excluding hydrogens is 340 g/mol. The molecule has 0 bridgehead atoms. The monoisotopic (exact) mass is 353 g/mol. The van der Waals surface area contributed by atoms with E-state index in [9.17, 15) is 14.7 Å². The van der Waals surface area contributed by atoms with Gasteiger partial charge in [-0.3, -0.25) is 10.1 Å². The Balaban J connectivity index is 2.29. The lowest BCUT2D eigenvalue weighted by atomic mass is 10.2. The first-order chi connectivity index (χ1) is 10.00. The Kier molecular flexibility index (Phi) is 5.46. The molecule has 2 rings (SSSR count). The van der Waals surface area contributed by atoms with Crippen LogP contribution in [-0.4, -0.2) is 34.4 Å². The van der Waals surface area contributed by atoms with Gasteiger partial charge in [0.25, 0.3) is 5.69 Å². The number of alkyl halides is 2. The quantitative estimate of drug-likeness (QED) is 0.366. The van der Waals surface area contributed by atoms with Crippen LogP contribution in [0.25, 0.3) is 0 Å². The summed E-state index contributed by atoms with van der Waals surface area (Å²) in [6.45, 7) is 0.970. The van der Waals surface area contributed by atoms with Gasteiger partial charge in [-0.1, -0.05) is 0 Å². The van der Waals surface area contributed by atoms with Crippen LogP contribution >= 0.6 is 30.9 Å². The predicted octanol–water partition coefficient (Wildman–Crippen LogP) is 2.96. The third kappa shape index (κ3) is 3.67.